The highest BCUT2D eigenvalue weighted by Crippen LogP contribution is 2.24. The molecular weight excluding hydrogens is 497 g/mol. The van der Waals surface area contributed by atoms with E-state index >= 15 is 0 Å². The number of ketones is 1. The lowest BCUT2D eigenvalue weighted by Crippen LogP contribution is -2.43. The van der Waals surface area contributed by atoms with Crippen LogP contribution in [0.15, 0.2) is 54.8 Å². The lowest BCUT2D eigenvalue weighted by Gasteiger charge is -2.33. The van der Waals surface area contributed by atoms with Crippen molar-refractivity contribution in [1.82, 2.24) is 9.80 Å². The van der Waals surface area contributed by atoms with E-state index in [1.54, 1.807) is 11.0 Å². The van der Waals surface area contributed by atoms with E-state index in [4.69, 9.17) is 19.3 Å². The molecule has 4 rings (SSSR count). The fourth-order valence-electron chi connectivity index (χ4n) is 4.63. The molecule has 0 saturated carbocycles. The van der Waals surface area contributed by atoms with E-state index in [1.807, 2.05) is 0 Å². The normalized spacial score (nSPS) is 14.6. The number of amides is 1. The van der Waals surface area contributed by atoms with Crippen LogP contribution in [0.5, 0.6) is 0 Å². The van der Waals surface area contributed by atoms with Gasteiger partial charge in [0.25, 0.3) is 5.91 Å². The molecule has 0 radical (unpaired) electrons. The first-order chi connectivity index (χ1) is 18.3. The number of benzene rings is 2. The van der Waals surface area contributed by atoms with E-state index in [0.717, 1.165) is 0 Å². The molecule has 0 unspecified atom stereocenters. The van der Waals surface area contributed by atoms with Crippen molar-refractivity contribution in [3.05, 3.63) is 79.7 Å². The standard InChI is InChI=1S/C27H30FN3O7/c1-36-15-14-31(25(33)21-7-4-19(16-29)23-24(21)38-27(35)26(34)37-23)13-12-30-10-8-18(9-11-30)22(32)17-2-5-20(28)6-3-17/h2-7,18H,8-16,29H2,1H3. The summed E-state index contributed by atoms with van der Waals surface area (Å²) in [6, 6.07) is 8.68. The molecule has 2 heterocycles. The molecule has 0 aliphatic carbocycles. The Hall–Kier alpha value is -3.67. The van der Waals surface area contributed by atoms with Crippen molar-refractivity contribution in [1.29, 1.82) is 0 Å². The molecule has 1 aliphatic rings. The van der Waals surface area contributed by atoms with E-state index in [1.165, 1.54) is 37.4 Å². The summed E-state index contributed by atoms with van der Waals surface area (Å²) < 4.78 is 28.6. The number of ether oxygens (including phenoxy) is 1. The van der Waals surface area contributed by atoms with Gasteiger partial charge < -0.3 is 29.1 Å². The molecule has 0 atom stereocenters. The zero-order valence-electron chi connectivity index (χ0n) is 21.1. The van der Waals surface area contributed by atoms with Gasteiger partial charge in [0, 0.05) is 50.3 Å². The average Bonchev–Trinajstić information content (AvgIpc) is 2.93. The molecule has 38 heavy (non-hydrogen) atoms. The van der Waals surface area contributed by atoms with Crippen LogP contribution in [0.25, 0.3) is 11.2 Å². The van der Waals surface area contributed by atoms with E-state index in [-0.39, 0.29) is 53.9 Å². The number of fused-ring (bicyclic) bond motifs is 1. The molecule has 1 fully saturated rings. The Labute approximate surface area is 217 Å². The van der Waals surface area contributed by atoms with Gasteiger partial charge in [-0.3, -0.25) is 9.59 Å². The number of hydrogen-bond donors (Lipinski definition) is 1. The number of methoxy groups -OCH3 is 1. The van der Waals surface area contributed by atoms with Gasteiger partial charge in [0.1, 0.15) is 5.82 Å². The van der Waals surface area contributed by atoms with Gasteiger partial charge in [-0.15, -0.1) is 0 Å². The number of Topliss-reactive ketones (excluding diaryl/α,β-unsaturated/α-hetero) is 1. The third-order valence-corrected chi connectivity index (χ3v) is 6.83. The Bertz CT molecular complexity index is 1410. The van der Waals surface area contributed by atoms with Gasteiger partial charge in [0.2, 0.25) is 0 Å². The largest absolute Gasteiger partial charge is 0.423 e. The average molecular weight is 528 g/mol. The third-order valence-electron chi connectivity index (χ3n) is 6.83. The first kappa shape index (κ1) is 27.4. The van der Waals surface area contributed by atoms with Crippen LogP contribution in [0, 0.1) is 11.7 Å². The minimum absolute atomic E-state index is 0.0162. The zero-order chi connectivity index (χ0) is 27.2. The van der Waals surface area contributed by atoms with Gasteiger partial charge in [0.15, 0.2) is 16.9 Å². The van der Waals surface area contributed by atoms with Crippen LogP contribution >= 0.6 is 0 Å². The van der Waals surface area contributed by atoms with Crippen LogP contribution in [0.4, 0.5) is 4.39 Å². The lowest BCUT2D eigenvalue weighted by molar-refractivity contribution is 0.0651. The fourth-order valence-corrected chi connectivity index (χ4v) is 4.63. The van der Waals surface area contributed by atoms with E-state index in [2.05, 4.69) is 4.90 Å². The Balaban J connectivity index is 1.44. The predicted octanol–water partition coefficient (Wildman–Crippen LogP) is 2.03. The van der Waals surface area contributed by atoms with Crippen LogP contribution in [0.3, 0.4) is 0 Å². The minimum atomic E-state index is -1.21. The Kier molecular flexibility index (Phi) is 8.82. The molecular formula is C27H30FN3O7. The summed E-state index contributed by atoms with van der Waals surface area (Å²) >= 11 is 0. The maximum absolute atomic E-state index is 13.5. The molecule has 10 nitrogen and oxygen atoms in total. The number of carbonyl (C=O) groups excluding carboxylic acids is 2. The number of halogens is 1. The van der Waals surface area contributed by atoms with Gasteiger partial charge in [0.05, 0.1) is 12.2 Å². The SMILES string of the molecule is COCCN(CCN1CCC(C(=O)c2ccc(F)cc2)CC1)C(=O)c1ccc(CN)c2oc(=O)c(=O)oc12. The van der Waals surface area contributed by atoms with E-state index in [9.17, 15) is 23.6 Å². The highest BCUT2D eigenvalue weighted by molar-refractivity contribution is 6.04. The maximum atomic E-state index is 13.5. The number of likely N-dealkylation sites (tertiary alicyclic amines) is 1. The fraction of sp³-hybridized carbons (Fsp3) is 0.407. The summed E-state index contributed by atoms with van der Waals surface area (Å²) in [4.78, 5) is 53.6. The maximum Gasteiger partial charge on any atom is 0.423 e. The predicted molar refractivity (Wildman–Crippen MR) is 137 cm³/mol. The van der Waals surface area contributed by atoms with Crippen LogP contribution < -0.4 is 17.0 Å². The summed E-state index contributed by atoms with van der Waals surface area (Å²) in [5, 5.41) is 0. The van der Waals surface area contributed by atoms with Crippen molar-refractivity contribution in [3.63, 3.8) is 0 Å². The molecule has 202 valence electrons. The Morgan fingerprint density at radius 2 is 1.68 bits per heavy atom. The highest BCUT2D eigenvalue weighted by Gasteiger charge is 2.27. The lowest BCUT2D eigenvalue weighted by atomic mass is 9.89. The second-order valence-corrected chi connectivity index (χ2v) is 9.19. The van der Waals surface area contributed by atoms with Crippen molar-refractivity contribution < 1.29 is 27.6 Å². The summed E-state index contributed by atoms with van der Waals surface area (Å²) in [6.45, 7) is 2.88. The molecule has 3 aromatic rings. The smallest absolute Gasteiger partial charge is 0.414 e. The Morgan fingerprint density at radius 3 is 2.32 bits per heavy atom. The zero-order valence-corrected chi connectivity index (χ0v) is 21.1. The van der Waals surface area contributed by atoms with Crippen molar-refractivity contribution in [2.45, 2.75) is 19.4 Å². The van der Waals surface area contributed by atoms with Crippen molar-refractivity contribution in [2.75, 3.05) is 46.4 Å². The number of carbonyl (C=O) groups is 2. The van der Waals surface area contributed by atoms with Gasteiger partial charge in [-0.2, -0.15) is 0 Å². The second-order valence-electron chi connectivity index (χ2n) is 9.19. The quantitative estimate of drug-likeness (QED) is 0.310. The molecule has 0 bridgehead atoms. The van der Waals surface area contributed by atoms with Crippen LogP contribution in [-0.2, 0) is 11.3 Å². The van der Waals surface area contributed by atoms with Crippen molar-refractivity contribution in [3.8, 4) is 0 Å². The second kappa shape index (κ2) is 12.2. The topological polar surface area (TPSA) is 136 Å². The highest BCUT2D eigenvalue weighted by atomic mass is 19.1. The van der Waals surface area contributed by atoms with Gasteiger partial charge in [-0.05, 0) is 56.3 Å². The molecule has 11 heteroatoms. The molecule has 1 amide bonds. The van der Waals surface area contributed by atoms with Gasteiger partial charge in [-0.1, -0.05) is 6.07 Å². The molecule has 1 saturated heterocycles. The summed E-state index contributed by atoms with van der Waals surface area (Å²) in [7, 11) is 1.53. The Morgan fingerprint density at radius 1 is 1.03 bits per heavy atom. The number of hydrogen-bond acceptors (Lipinski definition) is 9. The first-order valence-electron chi connectivity index (χ1n) is 12.4. The molecule has 1 aromatic heterocycles. The number of piperidine rings is 1. The van der Waals surface area contributed by atoms with E-state index < -0.39 is 17.2 Å². The first-order valence-corrected chi connectivity index (χ1v) is 12.4. The number of rotatable bonds is 10. The number of nitrogens with two attached hydrogens (primary N) is 1. The van der Waals surface area contributed by atoms with Gasteiger partial charge >= 0.3 is 11.3 Å². The van der Waals surface area contributed by atoms with Crippen LogP contribution in [0.1, 0.15) is 39.1 Å². The van der Waals surface area contributed by atoms with Crippen LogP contribution in [-0.4, -0.2) is 67.9 Å². The summed E-state index contributed by atoms with van der Waals surface area (Å²) in [6.07, 6.45) is 1.33. The van der Waals surface area contributed by atoms with Gasteiger partial charge in [-0.25, -0.2) is 14.0 Å². The molecule has 0 spiro atoms. The van der Waals surface area contributed by atoms with Crippen molar-refractivity contribution >= 4 is 22.9 Å². The summed E-state index contributed by atoms with van der Waals surface area (Å²) in [5.41, 5.74) is 4.22. The molecule has 2 N–H and O–H groups in total. The third kappa shape index (κ3) is 6.07. The monoisotopic (exact) mass is 527 g/mol. The minimum Gasteiger partial charge on any atom is -0.414 e. The summed E-state index contributed by atoms with van der Waals surface area (Å²) in [5.74, 6) is -0.900. The molecule has 1 aliphatic heterocycles. The number of nitrogens with zero attached hydrogens (tertiary/aromatic N) is 2. The van der Waals surface area contributed by atoms with Crippen LogP contribution in [0.2, 0.25) is 0 Å². The van der Waals surface area contributed by atoms with E-state index in [0.29, 0.717) is 50.1 Å². The molecule has 2 aromatic carbocycles. The van der Waals surface area contributed by atoms with Crippen molar-refractivity contribution in [2.24, 2.45) is 11.7 Å².